The Bertz CT molecular complexity index is 1290. The first-order valence-corrected chi connectivity index (χ1v) is 13.7. The zero-order chi connectivity index (χ0) is 27.0. The SMILES string of the molecule is CC(C(=O)NCc1ccco1)N(Cc1ccccc1)C(=O)COc1ccc(S(=O)(=O)N2CCOCC2)cc1. The maximum absolute atomic E-state index is 13.2. The van der Waals surface area contributed by atoms with Crippen LogP contribution in [-0.2, 0) is 37.4 Å². The van der Waals surface area contributed by atoms with E-state index < -0.39 is 16.1 Å². The van der Waals surface area contributed by atoms with Crippen LogP contribution >= 0.6 is 0 Å². The summed E-state index contributed by atoms with van der Waals surface area (Å²) in [5, 5.41) is 2.79. The standard InChI is InChI=1S/C27H31N3O7S/c1-21(27(32)28-18-24-8-5-15-36-24)30(19-22-6-3-2-4-7-22)26(31)20-37-23-9-11-25(12-10-23)38(33,34)29-13-16-35-17-14-29/h2-12,15,21H,13-14,16-20H2,1H3,(H,28,32). The van der Waals surface area contributed by atoms with Crippen LogP contribution in [0.5, 0.6) is 5.75 Å². The second kappa shape index (κ2) is 12.7. The fourth-order valence-electron chi connectivity index (χ4n) is 3.97. The van der Waals surface area contributed by atoms with Crippen LogP contribution in [0.3, 0.4) is 0 Å². The van der Waals surface area contributed by atoms with Gasteiger partial charge in [0, 0.05) is 19.6 Å². The molecule has 0 saturated carbocycles. The lowest BCUT2D eigenvalue weighted by molar-refractivity contribution is -0.142. The molecule has 1 atom stereocenters. The van der Waals surface area contributed by atoms with Crippen molar-refractivity contribution in [3.05, 3.63) is 84.3 Å². The van der Waals surface area contributed by atoms with E-state index >= 15 is 0 Å². The summed E-state index contributed by atoms with van der Waals surface area (Å²) < 4.78 is 43.2. The summed E-state index contributed by atoms with van der Waals surface area (Å²) in [5.74, 6) is 0.227. The molecule has 3 aromatic rings. The number of nitrogens with zero attached hydrogens (tertiary/aromatic N) is 2. The number of nitrogens with one attached hydrogen (secondary N) is 1. The number of carbonyl (C=O) groups excluding carboxylic acids is 2. The van der Waals surface area contributed by atoms with Gasteiger partial charge >= 0.3 is 0 Å². The van der Waals surface area contributed by atoms with Crippen LogP contribution in [0.4, 0.5) is 0 Å². The van der Waals surface area contributed by atoms with Crippen molar-refractivity contribution >= 4 is 21.8 Å². The van der Waals surface area contributed by atoms with Gasteiger partial charge in [0.05, 0.1) is 30.9 Å². The highest BCUT2D eigenvalue weighted by Gasteiger charge is 2.28. The first-order valence-electron chi connectivity index (χ1n) is 12.3. The van der Waals surface area contributed by atoms with E-state index in [1.54, 1.807) is 19.1 Å². The third-order valence-corrected chi connectivity index (χ3v) is 8.09. The monoisotopic (exact) mass is 541 g/mol. The molecule has 1 saturated heterocycles. The van der Waals surface area contributed by atoms with Crippen LogP contribution < -0.4 is 10.1 Å². The Labute approximate surface area is 222 Å². The van der Waals surface area contributed by atoms with Crippen LogP contribution in [0, 0.1) is 0 Å². The van der Waals surface area contributed by atoms with Crippen LogP contribution in [0.2, 0.25) is 0 Å². The highest BCUT2D eigenvalue weighted by atomic mass is 32.2. The summed E-state index contributed by atoms with van der Waals surface area (Å²) in [6.45, 7) is 3.10. The first-order chi connectivity index (χ1) is 18.3. The van der Waals surface area contributed by atoms with E-state index in [2.05, 4.69) is 5.32 Å². The first kappa shape index (κ1) is 27.4. The number of hydrogen-bond acceptors (Lipinski definition) is 7. The summed E-state index contributed by atoms with van der Waals surface area (Å²) in [7, 11) is -3.63. The van der Waals surface area contributed by atoms with Crippen molar-refractivity contribution in [1.29, 1.82) is 0 Å². The fourth-order valence-corrected chi connectivity index (χ4v) is 5.38. The molecular weight excluding hydrogens is 510 g/mol. The van der Waals surface area contributed by atoms with Crippen LogP contribution in [0.25, 0.3) is 0 Å². The zero-order valence-corrected chi connectivity index (χ0v) is 21.9. The molecule has 1 aromatic heterocycles. The largest absolute Gasteiger partial charge is 0.484 e. The van der Waals surface area contributed by atoms with Crippen LogP contribution in [-0.4, -0.2) is 68.4 Å². The second-order valence-corrected chi connectivity index (χ2v) is 10.7. The fraction of sp³-hybridized carbons (Fsp3) is 0.333. The van der Waals surface area contributed by atoms with E-state index in [1.165, 1.54) is 39.7 Å². The number of furan rings is 1. The van der Waals surface area contributed by atoms with E-state index in [0.29, 0.717) is 37.8 Å². The van der Waals surface area contributed by atoms with Gasteiger partial charge in [0.1, 0.15) is 17.6 Å². The Morgan fingerprint density at radius 3 is 2.39 bits per heavy atom. The number of ether oxygens (including phenoxy) is 2. The molecule has 38 heavy (non-hydrogen) atoms. The zero-order valence-electron chi connectivity index (χ0n) is 21.1. The Morgan fingerprint density at radius 2 is 1.74 bits per heavy atom. The third kappa shape index (κ3) is 7.00. The van der Waals surface area contributed by atoms with Crippen molar-refractivity contribution in [3.8, 4) is 5.75 Å². The number of carbonyl (C=O) groups is 2. The summed E-state index contributed by atoms with van der Waals surface area (Å²) >= 11 is 0. The Hall–Kier alpha value is -3.67. The van der Waals surface area contributed by atoms with Gasteiger partial charge in [-0.2, -0.15) is 4.31 Å². The van der Waals surface area contributed by atoms with Gasteiger partial charge in [-0.3, -0.25) is 9.59 Å². The van der Waals surface area contributed by atoms with Gasteiger partial charge in [-0.1, -0.05) is 30.3 Å². The van der Waals surface area contributed by atoms with Gasteiger partial charge in [-0.15, -0.1) is 0 Å². The Morgan fingerprint density at radius 1 is 1.03 bits per heavy atom. The van der Waals surface area contributed by atoms with E-state index in [9.17, 15) is 18.0 Å². The minimum atomic E-state index is -3.63. The summed E-state index contributed by atoms with van der Waals surface area (Å²) in [6, 6.07) is 18.0. The average molecular weight is 542 g/mol. The van der Waals surface area contributed by atoms with Crippen molar-refractivity contribution in [2.24, 2.45) is 0 Å². The second-order valence-electron chi connectivity index (χ2n) is 8.76. The lowest BCUT2D eigenvalue weighted by Crippen LogP contribution is -2.48. The number of hydrogen-bond donors (Lipinski definition) is 1. The molecule has 10 nitrogen and oxygen atoms in total. The summed E-state index contributed by atoms with van der Waals surface area (Å²) in [6.07, 6.45) is 1.53. The minimum absolute atomic E-state index is 0.144. The topological polar surface area (TPSA) is 118 Å². The average Bonchev–Trinajstić information content (AvgIpc) is 3.48. The van der Waals surface area contributed by atoms with Gasteiger partial charge in [0.25, 0.3) is 5.91 Å². The third-order valence-electron chi connectivity index (χ3n) is 6.17. The highest BCUT2D eigenvalue weighted by molar-refractivity contribution is 7.89. The summed E-state index contributed by atoms with van der Waals surface area (Å²) in [5.41, 5.74) is 0.865. The molecule has 11 heteroatoms. The number of benzene rings is 2. The lowest BCUT2D eigenvalue weighted by Gasteiger charge is -2.28. The minimum Gasteiger partial charge on any atom is -0.484 e. The van der Waals surface area contributed by atoms with Gasteiger partial charge in [-0.05, 0) is 48.9 Å². The predicted octanol–water partition coefficient (Wildman–Crippen LogP) is 2.41. The molecule has 202 valence electrons. The van der Waals surface area contributed by atoms with Gasteiger partial charge < -0.3 is 24.1 Å². The number of sulfonamides is 1. The van der Waals surface area contributed by atoms with E-state index in [-0.39, 0.29) is 36.4 Å². The Balaban J connectivity index is 1.40. The smallest absolute Gasteiger partial charge is 0.261 e. The molecule has 1 fully saturated rings. The molecule has 0 aliphatic carbocycles. The Kier molecular flexibility index (Phi) is 9.16. The normalized spacial score (nSPS) is 15.0. The highest BCUT2D eigenvalue weighted by Crippen LogP contribution is 2.21. The van der Waals surface area contributed by atoms with Crippen molar-refractivity contribution in [2.75, 3.05) is 32.9 Å². The molecule has 1 aliphatic rings. The van der Waals surface area contributed by atoms with E-state index in [1.807, 2.05) is 30.3 Å². The molecule has 1 aliphatic heterocycles. The number of rotatable bonds is 11. The molecule has 0 radical (unpaired) electrons. The van der Waals surface area contributed by atoms with Crippen LogP contribution in [0.15, 0.2) is 82.3 Å². The molecule has 4 rings (SSSR count). The van der Waals surface area contributed by atoms with Gasteiger partial charge in [0.15, 0.2) is 6.61 Å². The number of morpholine rings is 1. The van der Waals surface area contributed by atoms with Gasteiger partial charge in [-0.25, -0.2) is 8.42 Å². The molecule has 2 amide bonds. The van der Waals surface area contributed by atoms with Crippen molar-refractivity contribution in [3.63, 3.8) is 0 Å². The van der Waals surface area contributed by atoms with Crippen molar-refractivity contribution < 1.29 is 31.9 Å². The molecule has 1 N–H and O–H groups in total. The quantitative estimate of drug-likeness (QED) is 0.396. The summed E-state index contributed by atoms with van der Waals surface area (Å²) in [4.78, 5) is 27.7. The van der Waals surface area contributed by atoms with E-state index in [4.69, 9.17) is 13.9 Å². The maximum atomic E-state index is 13.2. The molecule has 2 aromatic carbocycles. The predicted molar refractivity (Wildman–Crippen MR) is 139 cm³/mol. The molecule has 2 heterocycles. The van der Waals surface area contributed by atoms with Crippen molar-refractivity contribution in [2.45, 2.75) is 31.0 Å². The lowest BCUT2D eigenvalue weighted by atomic mass is 10.1. The van der Waals surface area contributed by atoms with Crippen molar-refractivity contribution in [1.82, 2.24) is 14.5 Å². The maximum Gasteiger partial charge on any atom is 0.261 e. The molecule has 0 bridgehead atoms. The number of amides is 2. The van der Waals surface area contributed by atoms with Gasteiger partial charge in [0.2, 0.25) is 15.9 Å². The molecule has 1 unspecified atom stereocenters. The molecule has 0 spiro atoms. The van der Waals surface area contributed by atoms with Crippen LogP contribution in [0.1, 0.15) is 18.2 Å². The molecular formula is C27H31N3O7S. The van der Waals surface area contributed by atoms with E-state index in [0.717, 1.165) is 5.56 Å².